The molecule has 6 nitrogen and oxygen atoms in total. The first-order valence-corrected chi connectivity index (χ1v) is 9.98. The van der Waals surface area contributed by atoms with E-state index in [-0.39, 0.29) is 6.42 Å². The lowest BCUT2D eigenvalue weighted by molar-refractivity contribution is -0.138. The summed E-state index contributed by atoms with van der Waals surface area (Å²) in [5.41, 5.74) is 3.15. The van der Waals surface area contributed by atoms with Crippen LogP contribution in [0.3, 0.4) is 0 Å². The molecule has 4 amide bonds. The molecule has 1 atom stereocenters. The van der Waals surface area contributed by atoms with E-state index in [4.69, 9.17) is 23.2 Å². The number of hydrazine groups is 1. The first-order chi connectivity index (χ1) is 13.8. The Hall–Kier alpha value is -2.57. The third-order valence-corrected chi connectivity index (χ3v) is 5.48. The number of urea groups is 1. The van der Waals surface area contributed by atoms with E-state index in [1.54, 1.807) is 25.1 Å². The molecule has 152 valence electrons. The van der Waals surface area contributed by atoms with Crippen molar-refractivity contribution in [2.24, 2.45) is 0 Å². The summed E-state index contributed by atoms with van der Waals surface area (Å²) in [6, 6.07) is 14.1. The van der Waals surface area contributed by atoms with Gasteiger partial charge in [-0.15, -0.1) is 0 Å². The number of imide groups is 1. The highest BCUT2D eigenvalue weighted by molar-refractivity contribution is 6.35. The molecule has 8 heteroatoms. The molecule has 2 N–H and O–H groups in total. The molecule has 1 unspecified atom stereocenters. The van der Waals surface area contributed by atoms with Crippen molar-refractivity contribution in [2.45, 2.75) is 38.1 Å². The van der Waals surface area contributed by atoms with Crippen molar-refractivity contribution in [1.29, 1.82) is 0 Å². The molecule has 0 saturated carbocycles. The smallest absolute Gasteiger partial charge is 0.322 e. The van der Waals surface area contributed by atoms with Gasteiger partial charge in [-0.1, -0.05) is 59.6 Å². The fourth-order valence-corrected chi connectivity index (χ4v) is 3.65. The zero-order chi connectivity index (χ0) is 21.0. The highest BCUT2D eigenvalue weighted by atomic mass is 35.5. The molecule has 1 saturated heterocycles. The Labute approximate surface area is 179 Å². The number of rotatable bonds is 7. The molecule has 1 heterocycles. The lowest BCUT2D eigenvalue weighted by atomic mass is 9.93. The van der Waals surface area contributed by atoms with E-state index in [2.05, 4.69) is 10.7 Å². The maximum absolute atomic E-state index is 12.8. The van der Waals surface area contributed by atoms with Crippen LogP contribution >= 0.6 is 23.2 Å². The molecular weight excluding hydrogens is 413 g/mol. The molecule has 0 radical (unpaired) electrons. The number of carbonyl (C=O) groups excluding carboxylic acids is 3. The number of benzene rings is 2. The molecule has 0 spiro atoms. The number of nitrogens with zero attached hydrogens (tertiary/aromatic N) is 1. The predicted molar refractivity (Wildman–Crippen MR) is 111 cm³/mol. The van der Waals surface area contributed by atoms with Crippen LogP contribution in [0.15, 0.2) is 48.5 Å². The van der Waals surface area contributed by atoms with Crippen molar-refractivity contribution < 1.29 is 14.4 Å². The van der Waals surface area contributed by atoms with Crippen LogP contribution in [0, 0.1) is 0 Å². The van der Waals surface area contributed by atoms with Gasteiger partial charge in [-0.05, 0) is 49.4 Å². The van der Waals surface area contributed by atoms with Crippen LogP contribution in [0.1, 0.15) is 30.9 Å². The summed E-state index contributed by atoms with van der Waals surface area (Å²) < 4.78 is 0. The minimum Gasteiger partial charge on any atom is -0.322 e. The number of hydrogen-bond donors (Lipinski definition) is 2. The Balaban J connectivity index is 1.56. The topological polar surface area (TPSA) is 78.5 Å². The van der Waals surface area contributed by atoms with Gasteiger partial charge in [0.1, 0.15) is 5.54 Å². The van der Waals surface area contributed by atoms with Crippen molar-refractivity contribution in [3.8, 4) is 0 Å². The summed E-state index contributed by atoms with van der Waals surface area (Å²) in [5, 5.41) is 4.42. The van der Waals surface area contributed by atoms with Gasteiger partial charge in [0.05, 0.1) is 0 Å². The van der Waals surface area contributed by atoms with Gasteiger partial charge in [0.15, 0.2) is 0 Å². The number of carbonyl (C=O) groups is 3. The van der Waals surface area contributed by atoms with Crippen LogP contribution < -0.4 is 10.7 Å². The lowest BCUT2D eigenvalue weighted by Crippen LogP contribution is -2.49. The second-order valence-corrected chi connectivity index (χ2v) is 8.00. The maximum atomic E-state index is 12.8. The van der Waals surface area contributed by atoms with Gasteiger partial charge < -0.3 is 5.32 Å². The highest BCUT2D eigenvalue weighted by Gasteiger charge is 2.48. The van der Waals surface area contributed by atoms with Crippen LogP contribution in [0.25, 0.3) is 0 Å². The SMILES string of the molecule is CC1(CCc2ccccc2)NC(=O)N(NC(=O)CCc2ccc(Cl)cc2Cl)C1=O. The fraction of sp³-hybridized carbons (Fsp3) is 0.286. The van der Waals surface area contributed by atoms with E-state index in [1.807, 2.05) is 30.3 Å². The zero-order valence-electron chi connectivity index (χ0n) is 15.9. The van der Waals surface area contributed by atoms with Gasteiger partial charge >= 0.3 is 6.03 Å². The molecule has 0 aromatic heterocycles. The lowest BCUT2D eigenvalue weighted by Gasteiger charge is -2.21. The summed E-state index contributed by atoms with van der Waals surface area (Å²) in [4.78, 5) is 37.3. The average molecular weight is 434 g/mol. The Bertz CT molecular complexity index is 936. The predicted octanol–water partition coefficient (Wildman–Crippen LogP) is 3.90. The highest BCUT2D eigenvalue weighted by Crippen LogP contribution is 2.23. The summed E-state index contributed by atoms with van der Waals surface area (Å²) in [7, 11) is 0. The monoisotopic (exact) mass is 433 g/mol. The largest absolute Gasteiger partial charge is 0.344 e. The minimum absolute atomic E-state index is 0.0686. The Morgan fingerprint density at radius 1 is 1.10 bits per heavy atom. The molecule has 1 aliphatic heterocycles. The van der Waals surface area contributed by atoms with Gasteiger partial charge in [-0.2, -0.15) is 5.01 Å². The third kappa shape index (κ3) is 5.08. The normalized spacial score (nSPS) is 18.7. The fourth-order valence-electron chi connectivity index (χ4n) is 3.15. The van der Waals surface area contributed by atoms with Crippen molar-refractivity contribution in [1.82, 2.24) is 15.8 Å². The van der Waals surface area contributed by atoms with Crippen LogP contribution in [0.4, 0.5) is 4.79 Å². The van der Waals surface area contributed by atoms with E-state index in [1.165, 1.54) is 0 Å². The number of nitrogens with one attached hydrogen (secondary N) is 2. The molecule has 2 aromatic carbocycles. The number of aryl methyl sites for hydroxylation is 2. The first-order valence-electron chi connectivity index (χ1n) is 9.22. The number of hydrogen-bond acceptors (Lipinski definition) is 3. The second-order valence-electron chi connectivity index (χ2n) is 7.16. The van der Waals surface area contributed by atoms with Crippen molar-refractivity contribution >= 4 is 41.0 Å². The number of halogens is 2. The van der Waals surface area contributed by atoms with E-state index in [0.717, 1.165) is 16.1 Å². The molecule has 0 aliphatic carbocycles. The molecule has 1 fully saturated rings. The number of amides is 4. The van der Waals surface area contributed by atoms with Gasteiger partial charge in [-0.25, -0.2) is 4.79 Å². The maximum Gasteiger partial charge on any atom is 0.344 e. The third-order valence-electron chi connectivity index (χ3n) is 4.89. The molecule has 2 aromatic rings. The van der Waals surface area contributed by atoms with E-state index in [0.29, 0.717) is 29.3 Å². The van der Waals surface area contributed by atoms with Crippen molar-refractivity contribution in [3.63, 3.8) is 0 Å². The van der Waals surface area contributed by atoms with E-state index in [9.17, 15) is 14.4 Å². The molecule has 1 aliphatic rings. The minimum atomic E-state index is -1.07. The van der Waals surface area contributed by atoms with Gasteiger partial charge in [0.25, 0.3) is 5.91 Å². The summed E-state index contributed by atoms with van der Waals surface area (Å²) in [6.07, 6.45) is 1.48. The Morgan fingerprint density at radius 2 is 1.83 bits per heavy atom. The van der Waals surface area contributed by atoms with E-state index < -0.39 is 23.4 Å². The van der Waals surface area contributed by atoms with Crippen molar-refractivity contribution in [3.05, 3.63) is 69.7 Å². The van der Waals surface area contributed by atoms with Crippen LogP contribution in [-0.4, -0.2) is 28.4 Å². The van der Waals surface area contributed by atoms with Gasteiger partial charge in [0.2, 0.25) is 5.91 Å². The second kappa shape index (κ2) is 8.84. The summed E-state index contributed by atoms with van der Waals surface area (Å²) in [5.74, 6) is -0.928. The first kappa shape index (κ1) is 21.1. The molecule has 0 bridgehead atoms. The van der Waals surface area contributed by atoms with Gasteiger partial charge in [-0.3, -0.25) is 15.0 Å². The van der Waals surface area contributed by atoms with E-state index >= 15 is 0 Å². The summed E-state index contributed by atoms with van der Waals surface area (Å²) in [6.45, 7) is 1.66. The molecular formula is C21H21Cl2N3O3. The quantitative estimate of drug-likeness (QED) is 0.649. The average Bonchev–Trinajstić information content (AvgIpc) is 2.90. The molecule has 3 rings (SSSR count). The van der Waals surface area contributed by atoms with Gasteiger partial charge in [0, 0.05) is 16.5 Å². The molecule has 29 heavy (non-hydrogen) atoms. The van der Waals surface area contributed by atoms with Crippen molar-refractivity contribution in [2.75, 3.05) is 0 Å². The van der Waals surface area contributed by atoms with Crippen LogP contribution in [0.2, 0.25) is 10.0 Å². The summed E-state index contributed by atoms with van der Waals surface area (Å²) >= 11 is 12.0. The zero-order valence-corrected chi connectivity index (χ0v) is 17.4. The van der Waals surface area contributed by atoms with Crippen LogP contribution in [-0.2, 0) is 22.4 Å². The Morgan fingerprint density at radius 3 is 2.52 bits per heavy atom. The standard InChI is InChI=1S/C21H21Cl2N3O3/c1-21(12-11-14-5-3-2-4-6-14)19(28)26(20(29)24-21)25-18(27)10-8-15-7-9-16(22)13-17(15)23/h2-7,9,13H,8,10-12H2,1H3,(H,24,29)(H,25,27). The Kier molecular flexibility index (Phi) is 6.45. The van der Waals surface area contributed by atoms with Crippen LogP contribution in [0.5, 0.6) is 0 Å².